The third-order valence-corrected chi connectivity index (χ3v) is 3.49. The summed E-state index contributed by atoms with van der Waals surface area (Å²) in [5.74, 6) is 1.41. The van der Waals surface area contributed by atoms with Crippen LogP contribution in [0.15, 0.2) is 35.9 Å². The maximum absolute atomic E-state index is 11.6. The molecule has 2 heteroatoms. The zero-order valence-electron chi connectivity index (χ0n) is 13.1. The molecule has 0 N–H and O–H groups in total. The van der Waals surface area contributed by atoms with E-state index >= 15 is 0 Å². The molecule has 0 bridgehead atoms. The van der Waals surface area contributed by atoms with Crippen molar-refractivity contribution in [1.29, 1.82) is 0 Å². The van der Waals surface area contributed by atoms with Gasteiger partial charge in [-0.3, -0.25) is 4.79 Å². The molecule has 0 aliphatic heterocycles. The molecule has 0 unspecified atom stereocenters. The van der Waals surface area contributed by atoms with Gasteiger partial charge in [-0.05, 0) is 43.9 Å². The van der Waals surface area contributed by atoms with Crippen molar-refractivity contribution in [2.24, 2.45) is 5.92 Å². The summed E-state index contributed by atoms with van der Waals surface area (Å²) >= 11 is 0. The van der Waals surface area contributed by atoms with Crippen LogP contribution in [0.5, 0.6) is 5.75 Å². The number of benzene rings is 1. The second-order valence-corrected chi connectivity index (χ2v) is 5.56. The van der Waals surface area contributed by atoms with Gasteiger partial charge in [0, 0.05) is 12.3 Å². The zero-order chi connectivity index (χ0) is 15.0. The molecule has 1 aromatic carbocycles. The fourth-order valence-electron chi connectivity index (χ4n) is 1.99. The van der Waals surface area contributed by atoms with Gasteiger partial charge in [-0.25, -0.2) is 0 Å². The third-order valence-electron chi connectivity index (χ3n) is 3.49. The molecule has 0 saturated carbocycles. The van der Waals surface area contributed by atoms with Crippen LogP contribution < -0.4 is 4.74 Å². The first-order valence-electron chi connectivity index (χ1n) is 7.34. The second-order valence-electron chi connectivity index (χ2n) is 5.56. The van der Waals surface area contributed by atoms with Crippen molar-refractivity contribution >= 4 is 5.78 Å². The zero-order valence-corrected chi connectivity index (χ0v) is 13.1. The van der Waals surface area contributed by atoms with Gasteiger partial charge in [0.25, 0.3) is 0 Å². The van der Waals surface area contributed by atoms with Gasteiger partial charge in [-0.2, -0.15) is 0 Å². The summed E-state index contributed by atoms with van der Waals surface area (Å²) in [7, 11) is 1.68. The summed E-state index contributed by atoms with van der Waals surface area (Å²) in [6.45, 7) is 6.04. The molecule has 0 aliphatic carbocycles. The van der Waals surface area contributed by atoms with Crippen LogP contribution in [0.25, 0.3) is 0 Å². The van der Waals surface area contributed by atoms with Crippen LogP contribution in [0.2, 0.25) is 0 Å². The van der Waals surface area contributed by atoms with Crippen molar-refractivity contribution in [3.05, 3.63) is 41.5 Å². The average Bonchev–Trinajstić information content (AvgIpc) is 2.45. The third kappa shape index (κ3) is 6.05. The van der Waals surface area contributed by atoms with Crippen LogP contribution in [0.1, 0.15) is 45.6 Å². The van der Waals surface area contributed by atoms with Crippen molar-refractivity contribution in [2.75, 3.05) is 7.11 Å². The summed E-state index contributed by atoms with van der Waals surface area (Å²) in [4.78, 5) is 11.6. The van der Waals surface area contributed by atoms with E-state index in [9.17, 15) is 4.79 Å². The van der Waals surface area contributed by atoms with Crippen LogP contribution >= 0.6 is 0 Å². The molecule has 0 atom stereocenters. The lowest BCUT2D eigenvalue weighted by atomic mass is 10.0. The van der Waals surface area contributed by atoms with E-state index in [2.05, 4.69) is 25.1 Å². The number of Topliss-reactive ketones (excluding diaryl/α,β-unsaturated/α-hetero) is 1. The SMILES string of the molecule is COc1ccc(CC/C=C(\C)CCC(=O)C(C)C)cc1. The molecule has 20 heavy (non-hydrogen) atoms. The number of methoxy groups -OCH3 is 1. The molecule has 0 radical (unpaired) electrons. The highest BCUT2D eigenvalue weighted by Gasteiger charge is 2.06. The summed E-state index contributed by atoms with van der Waals surface area (Å²) in [6, 6.07) is 8.19. The van der Waals surface area contributed by atoms with Crippen molar-refractivity contribution in [3.63, 3.8) is 0 Å². The lowest BCUT2D eigenvalue weighted by Crippen LogP contribution is -2.06. The lowest BCUT2D eigenvalue weighted by molar-refractivity contribution is -0.121. The Labute approximate surface area is 122 Å². The van der Waals surface area contributed by atoms with E-state index in [1.54, 1.807) is 7.11 Å². The van der Waals surface area contributed by atoms with E-state index in [4.69, 9.17) is 4.74 Å². The van der Waals surface area contributed by atoms with Gasteiger partial charge in [-0.1, -0.05) is 37.6 Å². The monoisotopic (exact) mass is 274 g/mol. The van der Waals surface area contributed by atoms with Crippen LogP contribution in [0.3, 0.4) is 0 Å². The standard InChI is InChI=1S/C18H26O2/c1-14(2)18(19)13-8-15(3)6-5-7-16-9-11-17(20-4)12-10-16/h6,9-12,14H,5,7-8,13H2,1-4H3/b15-6+. The second kappa shape index (κ2) is 8.57. The molecular weight excluding hydrogens is 248 g/mol. The lowest BCUT2D eigenvalue weighted by Gasteiger charge is -2.05. The van der Waals surface area contributed by atoms with Gasteiger partial charge in [-0.15, -0.1) is 0 Å². The van der Waals surface area contributed by atoms with E-state index < -0.39 is 0 Å². The maximum atomic E-state index is 11.6. The van der Waals surface area contributed by atoms with E-state index in [-0.39, 0.29) is 5.92 Å². The van der Waals surface area contributed by atoms with Gasteiger partial charge in [0.1, 0.15) is 11.5 Å². The van der Waals surface area contributed by atoms with Crippen LogP contribution in [-0.4, -0.2) is 12.9 Å². The minimum absolute atomic E-state index is 0.155. The van der Waals surface area contributed by atoms with E-state index in [0.717, 1.165) is 25.0 Å². The molecule has 0 saturated heterocycles. The molecular formula is C18H26O2. The highest BCUT2D eigenvalue weighted by molar-refractivity contribution is 5.80. The number of rotatable bonds is 8. The first kappa shape index (κ1) is 16.5. The normalized spacial score (nSPS) is 11.8. The van der Waals surface area contributed by atoms with Crippen molar-refractivity contribution in [3.8, 4) is 5.75 Å². The maximum Gasteiger partial charge on any atom is 0.135 e. The van der Waals surface area contributed by atoms with E-state index in [1.807, 2.05) is 26.0 Å². The highest BCUT2D eigenvalue weighted by atomic mass is 16.5. The van der Waals surface area contributed by atoms with Crippen molar-refractivity contribution in [2.45, 2.75) is 46.5 Å². The largest absolute Gasteiger partial charge is 0.497 e. The van der Waals surface area contributed by atoms with E-state index in [0.29, 0.717) is 12.2 Å². The molecule has 0 aromatic heterocycles. The number of carbonyl (C=O) groups is 1. The minimum Gasteiger partial charge on any atom is -0.497 e. The number of carbonyl (C=O) groups excluding carboxylic acids is 1. The molecule has 2 nitrogen and oxygen atoms in total. The summed E-state index contributed by atoms with van der Waals surface area (Å²) in [5.41, 5.74) is 2.63. The van der Waals surface area contributed by atoms with Gasteiger partial charge < -0.3 is 4.74 Å². The Balaban J connectivity index is 2.33. The van der Waals surface area contributed by atoms with Crippen molar-refractivity contribution in [1.82, 2.24) is 0 Å². The average molecular weight is 274 g/mol. The molecule has 0 heterocycles. The Morgan fingerprint density at radius 2 is 1.85 bits per heavy atom. The summed E-state index contributed by atoms with van der Waals surface area (Å²) < 4.78 is 5.14. The Morgan fingerprint density at radius 1 is 1.20 bits per heavy atom. The summed E-state index contributed by atoms with van der Waals surface area (Å²) in [5, 5.41) is 0. The number of hydrogen-bond donors (Lipinski definition) is 0. The van der Waals surface area contributed by atoms with Gasteiger partial charge >= 0.3 is 0 Å². The summed E-state index contributed by atoms with van der Waals surface area (Å²) in [6.07, 6.45) is 5.85. The smallest absolute Gasteiger partial charge is 0.135 e. The molecule has 1 aromatic rings. The van der Waals surface area contributed by atoms with Crippen LogP contribution in [-0.2, 0) is 11.2 Å². The fourth-order valence-corrected chi connectivity index (χ4v) is 1.99. The van der Waals surface area contributed by atoms with Gasteiger partial charge in [0.2, 0.25) is 0 Å². The predicted molar refractivity (Wildman–Crippen MR) is 84.2 cm³/mol. The number of ketones is 1. The number of aryl methyl sites for hydroxylation is 1. The minimum atomic E-state index is 0.155. The Hall–Kier alpha value is -1.57. The number of hydrogen-bond acceptors (Lipinski definition) is 2. The molecule has 110 valence electrons. The van der Waals surface area contributed by atoms with Gasteiger partial charge in [0.15, 0.2) is 0 Å². The predicted octanol–water partition coefficient (Wildman–Crippen LogP) is 4.58. The number of allylic oxidation sites excluding steroid dienone is 2. The molecule has 0 aliphatic rings. The number of ether oxygens (including phenoxy) is 1. The molecule has 1 rings (SSSR count). The Kier molecular flexibility index (Phi) is 7.06. The van der Waals surface area contributed by atoms with Crippen LogP contribution in [0.4, 0.5) is 0 Å². The first-order chi connectivity index (χ1) is 9.52. The van der Waals surface area contributed by atoms with Crippen LogP contribution in [0, 0.1) is 5.92 Å². The van der Waals surface area contributed by atoms with Gasteiger partial charge in [0.05, 0.1) is 7.11 Å². The van der Waals surface area contributed by atoms with Crippen molar-refractivity contribution < 1.29 is 9.53 Å². The highest BCUT2D eigenvalue weighted by Crippen LogP contribution is 2.14. The Bertz CT molecular complexity index is 441. The Morgan fingerprint density at radius 3 is 2.40 bits per heavy atom. The van der Waals surface area contributed by atoms with E-state index in [1.165, 1.54) is 11.1 Å². The molecule has 0 amide bonds. The first-order valence-corrected chi connectivity index (χ1v) is 7.34. The molecule has 0 fully saturated rings. The molecule has 0 spiro atoms. The quantitative estimate of drug-likeness (QED) is 0.649. The topological polar surface area (TPSA) is 26.3 Å². The fraction of sp³-hybridized carbons (Fsp3) is 0.500.